The molecule has 222 valence electrons. The summed E-state index contributed by atoms with van der Waals surface area (Å²) in [6.07, 6.45) is 0.610. The Balaban J connectivity index is 1.29. The van der Waals surface area contributed by atoms with E-state index < -0.39 is 0 Å². The Labute approximate surface area is 273 Å². The molecule has 0 radical (unpaired) electrons. The lowest BCUT2D eigenvalue weighted by atomic mass is 9.95. The van der Waals surface area contributed by atoms with Crippen molar-refractivity contribution >= 4 is 10.8 Å². The first kappa shape index (κ1) is 28.2. The third-order valence-corrected chi connectivity index (χ3v) is 8.18. The number of nitrogens with zero attached hydrogens (tertiary/aromatic N) is 5. The van der Waals surface area contributed by atoms with E-state index in [4.69, 9.17) is 24.9 Å². The second-order valence-electron chi connectivity index (χ2n) is 11.3. The molecule has 0 saturated heterocycles. The Morgan fingerprint density at radius 2 is 0.830 bits per heavy atom. The normalized spacial score (nSPS) is 11.1. The molecule has 8 aromatic rings. The van der Waals surface area contributed by atoms with Gasteiger partial charge in [0, 0.05) is 39.9 Å². The van der Waals surface area contributed by atoms with Gasteiger partial charge in [0.15, 0.2) is 23.3 Å². The minimum Gasteiger partial charge on any atom is -0.233 e. The number of hydrogen-bond donors (Lipinski definition) is 0. The smallest absolute Gasteiger partial charge is 0.164 e. The van der Waals surface area contributed by atoms with Crippen molar-refractivity contribution in [1.29, 1.82) is 0 Å². The van der Waals surface area contributed by atoms with Crippen molar-refractivity contribution < 1.29 is 0 Å². The van der Waals surface area contributed by atoms with Crippen molar-refractivity contribution in [2.75, 3.05) is 0 Å². The van der Waals surface area contributed by atoms with E-state index in [1.54, 1.807) is 0 Å². The highest BCUT2D eigenvalue weighted by molar-refractivity contribution is 5.98. The Morgan fingerprint density at radius 3 is 1.38 bits per heavy atom. The molecule has 0 bridgehead atoms. The predicted octanol–water partition coefficient (Wildman–Crippen LogP) is 9.74. The SMILES string of the molecule is c1ccc(-c2cc(Cc3cccc4cccc(-c5nc(-c6ccccc6)nc(-c6ccccc6)n5)c34)nc(-c3ccccc3)n2)cc1. The van der Waals surface area contributed by atoms with Crippen LogP contribution < -0.4 is 0 Å². The molecule has 5 heteroatoms. The van der Waals surface area contributed by atoms with Gasteiger partial charge in [-0.25, -0.2) is 24.9 Å². The molecule has 0 N–H and O–H groups in total. The van der Waals surface area contributed by atoms with Gasteiger partial charge < -0.3 is 0 Å². The van der Waals surface area contributed by atoms with Crippen LogP contribution in [0.4, 0.5) is 0 Å². The van der Waals surface area contributed by atoms with Crippen LogP contribution in [-0.4, -0.2) is 24.9 Å². The van der Waals surface area contributed by atoms with E-state index in [9.17, 15) is 0 Å². The van der Waals surface area contributed by atoms with Crippen molar-refractivity contribution in [2.24, 2.45) is 0 Å². The topological polar surface area (TPSA) is 64.5 Å². The summed E-state index contributed by atoms with van der Waals surface area (Å²) in [7, 11) is 0. The molecule has 0 fully saturated rings. The Kier molecular flexibility index (Phi) is 7.54. The lowest BCUT2D eigenvalue weighted by Gasteiger charge is -2.14. The van der Waals surface area contributed by atoms with Gasteiger partial charge in [-0.2, -0.15) is 0 Å². The Morgan fingerprint density at radius 1 is 0.362 bits per heavy atom. The molecule has 0 aliphatic rings. The van der Waals surface area contributed by atoms with Crippen molar-refractivity contribution in [3.05, 3.63) is 175 Å². The van der Waals surface area contributed by atoms with E-state index >= 15 is 0 Å². The second-order valence-corrected chi connectivity index (χ2v) is 11.3. The number of hydrogen-bond acceptors (Lipinski definition) is 5. The van der Waals surface area contributed by atoms with E-state index in [0.717, 1.165) is 55.5 Å². The van der Waals surface area contributed by atoms with Gasteiger partial charge in [-0.3, -0.25) is 0 Å². The zero-order valence-corrected chi connectivity index (χ0v) is 25.5. The maximum atomic E-state index is 5.09. The van der Waals surface area contributed by atoms with Crippen LogP contribution in [0, 0.1) is 0 Å². The van der Waals surface area contributed by atoms with Gasteiger partial charge in [-0.15, -0.1) is 0 Å². The highest BCUT2D eigenvalue weighted by Crippen LogP contribution is 2.33. The van der Waals surface area contributed by atoms with Crippen molar-refractivity contribution in [2.45, 2.75) is 6.42 Å². The van der Waals surface area contributed by atoms with E-state index in [1.807, 2.05) is 97.1 Å². The molecule has 0 aliphatic carbocycles. The lowest BCUT2D eigenvalue weighted by molar-refractivity contribution is 1.04. The maximum absolute atomic E-state index is 5.09. The van der Waals surface area contributed by atoms with E-state index in [0.29, 0.717) is 29.7 Å². The molecule has 8 rings (SSSR count). The van der Waals surface area contributed by atoms with E-state index in [2.05, 4.69) is 66.7 Å². The number of benzene rings is 6. The molecule has 0 spiro atoms. The fourth-order valence-corrected chi connectivity index (χ4v) is 5.94. The minimum absolute atomic E-state index is 0.610. The van der Waals surface area contributed by atoms with Crippen LogP contribution in [0.3, 0.4) is 0 Å². The summed E-state index contributed by atoms with van der Waals surface area (Å²) in [5, 5.41) is 2.21. The minimum atomic E-state index is 0.610. The third kappa shape index (κ3) is 5.90. The highest BCUT2D eigenvalue weighted by Gasteiger charge is 2.17. The highest BCUT2D eigenvalue weighted by atomic mass is 15.0. The van der Waals surface area contributed by atoms with Gasteiger partial charge in [0.2, 0.25) is 0 Å². The first-order chi connectivity index (χ1) is 23.3. The molecule has 5 nitrogen and oxygen atoms in total. The first-order valence-corrected chi connectivity index (χ1v) is 15.7. The van der Waals surface area contributed by atoms with Crippen LogP contribution >= 0.6 is 0 Å². The van der Waals surface area contributed by atoms with Crippen molar-refractivity contribution in [1.82, 2.24) is 24.9 Å². The van der Waals surface area contributed by atoms with Crippen molar-refractivity contribution in [3.63, 3.8) is 0 Å². The average Bonchev–Trinajstić information content (AvgIpc) is 3.16. The van der Waals surface area contributed by atoms with Gasteiger partial charge in [0.1, 0.15) is 0 Å². The monoisotopic (exact) mass is 603 g/mol. The second kappa shape index (κ2) is 12.6. The largest absolute Gasteiger partial charge is 0.233 e. The van der Waals surface area contributed by atoms with Gasteiger partial charge in [-0.05, 0) is 22.4 Å². The molecular weight excluding hydrogens is 574 g/mol. The van der Waals surface area contributed by atoms with Gasteiger partial charge in [-0.1, -0.05) is 158 Å². The van der Waals surface area contributed by atoms with Gasteiger partial charge in [0.05, 0.1) is 5.69 Å². The number of rotatable bonds is 7. The van der Waals surface area contributed by atoms with Crippen LogP contribution in [0.25, 0.3) is 67.6 Å². The molecule has 47 heavy (non-hydrogen) atoms. The molecule has 0 unspecified atom stereocenters. The molecule has 0 atom stereocenters. The van der Waals surface area contributed by atoms with Gasteiger partial charge >= 0.3 is 0 Å². The van der Waals surface area contributed by atoms with Crippen LogP contribution in [0.15, 0.2) is 164 Å². The zero-order chi connectivity index (χ0) is 31.4. The summed E-state index contributed by atoms with van der Waals surface area (Å²) in [5.74, 6) is 2.62. The number of aromatic nitrogens is 5. The molecule has 0 saturated carbocycles. The van der Waals surface area contributed by atoms with E-state index in [1.165, 1.54) is 0 Å². The van der Waals surface area contributed by atoms with Crippen molar-refractivity contribution in [3.8, 4) is 56.8 Å². The molecule has 0 aliphatic heterocycles. The summed E-state index contributed by atoms with van der Waals surface area (Å²) in [6.45, 7) is 0. The van der Waals surface area contributed by atoms with E-state index in [-0.39, 0.29) is 0 Å². The molecule has 0 amide bonds. The fraction of sp³-hybridized carbons (Fsp3) is 0.0238. The predicted molar refractivity (Wildman–Crippen MR) is 189 cm³/mol. The van der Waals surface area contributed by atoms with Crippen LogP contribution in [0.1, 0.15) is 11.3 Å². The number of fused-ring (bicyclic) bond motifs is 1. The average molecular weight is 604 g/mol. The summed E-state index contributed by atoms with van der Waals surface area (Å²) in [6, 6.07) is 55.5. The molecular formula is C42H29N5. The summed E-state index contributed by atoms with van der Waals surface area (Å²) in [5.41, 5.74) is 7.84. The Bertz CT molecular complexity index is 2190. The standard InChI is InChI=1S/C42H29N5/c1-5-15-29(16-6-1)37-28-35(43-39(44-37)31-17-7-2-8-18-31)27-34-25-13-23-30-24-14-26-36(38(30)34)42-46-40(32-19-9-3-10-20-32)45-41(47-42)33-21-11-4-12-22-33/h1-26,28H,27H2. The summed E-state index contributed by atoms with van der Waals surface area (Å²) >= 11 is 0. The maximum Gasteiger partial charge on any atom is 0.164 e. The zero-order valence-electron chi connectivity index (χ0n) is 25.5. The third-order valence-electron chi connectivity index (χ3n) is 8.18. The van der Waals surface area contributed by atoms with Crippen LogP contribution in [0.2, 0.25) is 0 Å². The van der Waals surface area contributed by atoms with Gasteiger partial charge in [0.25, 0.3) is 0 Å². The summed E-state index contributed by atoms with van der Waals surface area (Å²) < 4.78 is 0. The fourth-order valence-electron chi connectivity index (χ4n) is 5.94. The van der Waals surface area contributed by atoms with Crippen LogP contribution in [0.5, 0.6) is 0 Å². The molecule has 6 aromatic carbocycles. The first-order valence-electron chi connectivity index (χ1n) is 15.7. The summed E-state index contributed by atoms with van der Waals surface area (Å²) in [4.78, 5) is 25.1. The molecule has 2 aromatic heterocycles. The lowest BCUT2D eigenvalue weighted by Crippen LogP contribution is -2.02. The Hall–Kier alpha value is -6.33. The quantitative estimate of drug-likeness (QED) is 0.181. The molecule has 2 heterocycles. The van der Waals surface area contributed by atoms with Crippen LogP contribution in [-0.2, 0) is 6.42 Å².